The normalized spacial score (nSPS) is 20.3. The van der Waals surface area contributed by atoms with Gasteiger partial charge in [-0.2, -0.15) is 0 Å². The maximum absolute atomic E-state index is 12.4. The number of carbonyl (C=O) groups is 1. The third kappa shape index (κ3) is 3.26. The molecule has 2 atom stereocenters. The monoisotopic (exact) mass is 263 g/mol. The Hall–Kier alpha value is -1.55. The van der Waals surface area contributed by atoms with Crippen molar-refractivity contribution >= 4 is 5.91 Å². The van der Waals surface area contributed by atoms with Crippen molar-refractivity contribution in [2.24, 2.45) is 0 Å². The zero-order chi connectivity index (χ0) is 13.7. The number of ether oxygens (including phenoxy) is 1. The van der Waals surface area contributed by atoms with E-state index in [0.717, 1.165) is 19.4 Å². The summed E-state index contributed by atoms with van der Waals surface area (Å²) in [4.78, 5) is 14.2. The van der Waals surface area contributed by atoms with Crippen molar-refractivity contribution in [1.29, 1.82) is 0 Å². The Morgan fingerprint density at radius 1 is 1.47 bits per heavy atom. The molecule has 1 aliphatic rings. The van der Waals surface area contributed by atoms with E-state index in [2.05, 4.69) is 0 Å². The standard InChI is InChI=1S/C15H21NO3/c1-2-14(19-13-8-4-3-5-9-13)15(18)16-10-6-7-12(16)11-17/h3-5,8-9,12,14,17H,2,6-7,10-11H2,1H3/t12-,14?/m0/s1. The van der Waals surface area contributed by atoms with Crippen LogP contribution in [0.25, 0.3) is 0 Å². The summed E-state index contributed by atoms with van der Waals surface area (Å²) in [7, 11) is 0. The highest BCUT2D eigenvalue weighted by molar-refractivity contribution is 5.81. The SMILES string of the molecule is CCC(Oc1ccccc1)C(=O)N1CCC[C@H]1CO. The summed E-state index contributed by atoms with van der Waals surface area (Å²) in [6.07, 6.45) is 2.00. The summed E-state index contributed by atoms with van der Waals surface area (Å²) in [5, 5.41) is 9.29. The van der Waals surface area contributed by atoms with Crippen LogP contribution < -0.4 is 4.74 Å². The lowest BCUT2D eigenvalue weighted by Crippen LogP contribution is -2.45. The van der Waals surface area contributed by atoms with E-state index in [0.29, 0.717) is 12.2 Å². The number of benzene rings is 1. The Labute approximate surface area is 114 Å². The van der Waals surface area contributed by atoms with Crippen molar-refractivity contribution in [1.82, 2.24) is 4.90 Å². The molecule has 1 aromatic rings. The average Bonchev–Trinajstić information content (AvgIpc) is 2.93. The highest BCUT2D eigenvalue weighted by Gasteiger charge is 2.32. The molecule has 4 nitrogen and oxygen atoms in total. The zero-order valence-electron chi connectivity index (χ0n) is 11.3. The smallest absolute Gasteiger partial charge is 0.263 e. The van der Waals surface area contributed by atoms with Crippen LogP contribution in [0.3, 0.4) is 0 Å². The van der Waals surface area contributed by atoms with E-state index in [1.807, 2.05) is 37.3 Å². The van der Waals surface area contributed by atoms with Gasteiger partial charge in [0, 0.05) is 6.54 Å². The summed E-state index contributed by atoms with van der Waals surface area (Å²) in [6.45, 7) is 2.70. The lowest BCUT2D eigenvalue weighted by molar-refractivity contribution is -0.140. The number of para-hydroxylation sites is 1. The highest BCUT2D eigenvalue weighted by atomic mass is 16.5. The summed E-state index contributed by atoms with van der Waals surface area (Å²) < 4.78 is 5.76. The fourth-order valence-electron chi connectivity index (χ4n) is 2.47. The molecule has 1 unspecified atom stereocenters. The third-order valence-electron chi connectivity index (χ3n) is 3.54. The lowest BCUT2D eigenvalue weighted by atomic mass is 10.2. The van der Waals surface area contributed by atoms with Gasteiger partial charge in [-0.1, -0.05) is 25.1 Å². The van der Waals surface area contributed by atoms with Crippen molar-refractivity contribution in [3.63, 3.8) is 0 Å². The molecule has 0 aromatic heterocycles. The Balaban J connectivity index is 2.03. The Kier molecular flexibility index (Phi) is 4.80. The van der Waals surface area contributed by atoms with Gasteiger partial charge in [0.15, 0.2) is 6.10 Å². The van der Waals surface area contributed by atoms with E-state index < -0.39 is 6.10 Å². The Morgan fingerprint density at radius 2 is 2.21 bits per heavy atom. The van der Waals surface area contributed by atoms with Crippen LogP contribution in [0.15, 0.2) is 30.3 Å². The van der Waals surface area contributed by atoms with E-state index >= 15 is 0 Å². The number of carbonyl (C=O) groups excluding carboxylic acids is 1. The Bertz CT molecular complexity index is 407. The molecule has 1 heterocycles. The van der Waals surface area contributed by atoms with E-state index in [9.17, 15) is 9.90 Å². The van der Waals surface area contributed by atoms with Crippen LogP contribution in [-0.2, 0) is 4.79 Å². The number of amides is 1. The van der Waals surface area contributed by atoms with Crippen molar-refractivity contribution in [3.8, 4) is 5.75 Å². The highest BCUT2D eigenvalue weighted by Crippen LogP contribution is 2.20. The number of nitrogens with zero attached hydrogens (tertiary/aromatic N) is 1. The second kappa shape index (κ2) is 6.57. The molecule has 1 saturated heterocycles. The minimum Gasteiger partial charge on any atom is -0.481 e. The largest absolute Gasteiger partial charge is 0.481 e. The molecule has 1 fully saturated rings. The fourth-order valence-corrected chi connectivity index (χ4v) is 2.47. The van der Waals surface area contributed by atoms with E-state index in [-0.39, 0.29) is 18.6 Å². The number of aliphatic hydroxyl groups is 1. The van der Waals surface area contributed by atoms with Crippen LogP contribution in [0, 0.1) is 0 Å². The van der Waals surface area contributed by atoms with Crippen LogP contribution in [0.4, 0.5) is 0 Å². The molecular formula is C15H21NO3. The van der Waals surface area contributed by atoms with Gasteiger partial charge in [0.05, 0.1) is 12.6 Å². The first-order valence-electron chi connectivity index (χ1n) is 6.89. The zero-order valence-corrected chi connectivity index (χ0v) is 11.3. The minimum atomic E-state index is -0.463. The number of hydrogen-bond acceptors (Lipinski definition) is 3. The van der Waals surface area contributed by atoms with Crippen molar-refractivity contribution in [2.75, 3.05) is 13.2 Å². The molecule has 1 N–H and O–H groups in total. The second-order valence-electron chi connectivity index (χ2n) is 4.84. The predicted molar refractivity (Wildman–Crippen MR) is 73.0 cm³/mol. The van der Waals surface area contributed by atoms with Crippen molar-refractivity contribution in [2.45, 2.75) is 38.3 Å². The molecule has 104 valence electrons. The van der Waals surface area contributed by atoms with Gasteiger partial charge < -0.3 is 14.7 Å². The summed E-state index contributed by atoms with van der Waals surface area (Å²) in [5.74, 6) is 0.699. The number of rotatable bonds is 5. The van der Waals surface area contributed by atoms with Crippen LogP contribution in [0.1, 0.15) is 26.2 Å². The molecule has 0 spiro atoms. The number of hydrogen-bond donors (Lipinski definition) is 1. The first-order valence-corrected chi connectivity index (χ1v) is 6.89. The molecule has 4 heteroatoms. The van der Waals surface area contributed by atoms with Gasteiger partial charge in [-0.15, -0.1) is 0 Å². The maximum atomic E-state index is 12.4. The third-order valence-corrected chi connectivity index (χ3v) is 3.54. The van der Waals surface area contributed by atoms with Crippen LogP contribution in [0.2, 0.25) is 0 Å². The first kappa shape index (κ1) is 13.9. The van der Waals surface area contributed by atoms with Crippen LogP contribution in [0.5, 0.6) is 5.75 Å². The molecule has 0 saturated carbocycles. The topological polar surface area (TPSA) is 49.8 Å². The molecule has 2 rings (SSSR count). The summed E-state index contributed by atoms with van der Waals surface area (Å²) >= 11 is 0. The van der Waals surface area contributed by atoms with Gasteiger partial charge >= 0.3 is 0 Å². The average molecular weight is 263 g/mol. The molecule has 1 aromatic carbocycles. The molecule has 0 aliphatic carbocycles. The Morgan fingerprint density at radius 3 is 2.84 bits per heavy atom. The van der Waals surface area contributed by atoms with Crippen molar-refractivity contribution < 1.29 is 14.6 Å². The van der Waals surface area contributed by atoms with Gasteiger partial charge in [-0.3, -0.25) is 4.79 Å². The molecule has 19 heavy (non-hydrogen) atoms. The van der Waals surface area contributed by atoms with E-state index in [4.69, 9.17) is 4.74 Å². The van der Waals surface area contributed by atoms with Gasteiger partial charge in [-0.25, -0.2) is 0 Å². The molecule has 0 radical (unpaired) electrons. The van der Waals surface area contributed by atoms with E-state index in [1.54, 1.807) is 4.90 Å². The fraction of sp³-hybridized carbons (Fsp3) is 0.533. The minimum absolute atomic E-state index is 0.0112. The van der Waals surface area contributed by atoms with Gasteiger partial charge in [0.2, 0.25) is 0 Å². The maximum Gasteiger partial charge on any atom is 0.263 e. The second-order valence-corrected chi connectivity index (χ2v) is 4.84. The van der Waals surface area contributed by atoms with Crippen molar-refractivity contribution in [3.05, 3.63) is 30.3 Å². The summed E-state index contributed by atoms with van der Waals surface area (Å²) in [6, 6.07) is 9.35. The van der Waals surface area contributed by atoms with Gasteiger partial charge in [0.25, 0.3) is 5.91 Å². The number of likely N-dealkylation sites (tertiary alicyclic amines) is 1. The molecule has 0 bridgehead atoms. The van der Waals surface area contributed by atoms with Gasteiger partial charge in [0.1, 0.15) is 5.75 Å². The molecule has 1 amide bonds. The molecular weight excluding hydrogens is 242 g/mol. The quantitative estimate of drug-likeness (QED) is 0.881. The van der Waals surface area contributed by atoms with Crippen LogP contribution in [-0.4, -0.2) is 41.2 Å². The summed E-state index contributed by atoms with van der Waals surface area (Å²) in [5.41, 5.74) is 0. The van der Waals surface area contributed by atoms with Crippen LogP contribution >= 0.6 is 0 Å². The lowest BCUT2D eigenvalue weighted by Gasteiger charge is -2.27. The van der Waals surface area contributed by atoms with Gasteiger partial charge in [-0.05, 0) is 31.4 Å². The first-order chi connectivity index (χ1) is 9.26. The van der Waals surface area contributed by atoms with E-state index in [1.165, 1.54) is 0 Å². The predicted octanol–water partition coefficient (Wildman–Crippen LogP) is 1.83. The molecule has 1 aliphatic heterocycles. The number of aliphatic hydroxyl groups excluding tert-OH is 1.